The van der Waals surface area contributed by atoms with Crippen molar-refractivity contribution in [2.75, 3.05) is 11.9 Å². The number of nitrogens with zero attached hydrogens (tertiary/aromatic N) is 2. The van der Waals surface area contributed by atoms with Gasteiger partial charge in [0.15, 0.2) is 0 Å². The summed E-state index contributed by atoms with van der Waals surface area (Å²) in [4.78, 5) is 4.43. The lowest BCUT2D eigenvalue weighted by atomic mass is 9.78. The number of rotatable bonds is 6. The summed E-state index contributed by atoms with van der Waals surface area (Å²) in [5.74, 6) is 1.72. The van der Waals surface area contributed by atoms with E-state index in [0.29, 0.717) is 6.54 Å². The first-order valence-electron chi connectivity index (χ1n) is 7.44. The molecule has 0 atom stereocenters. The Bertz CT molecular complexity index is 386. The molecule has 2 N–H and O–H groups in total. The molecule has 108 valence electrons. The van der Waals surface area contributed by atoms with Crippen LogP contribution in [0.2, 0.25) is 0 Å². The van der Waals surface area contributed by atoms with Gasteiger partial charge in [0.25, 0.3) is 0 Å². The van der Waals surface area contributed by atoms with Crippen LogP contribution < -0.4 is 5.32 Å². The number of anilines is 1. The zero-order chi connectivity index (χ0) is 13.7. The van der Waals surface area contributed by atoms with E-state index in [1.165, 1.54) is 18.0 Å². The summed E-state index contributed by atoms with van der Waals surface area (Å²) in [5.41, 5.74) is -0.553. The zero-order valence-electron chi connectivity index (χ0n) is 12.0. The highest BCUT2D eigenvalue weighted by Crippen LogP contribution is 2.33. The summed E-state index contributed by atoms with van der Waals surface area (Å²) in [6.07, 6.45) is 7.33. The summed E-state index contributed by atoms with van der Waals surface area (Å²) in [6.45, 7) is 4.97. The normalized spacial score (nSPS) is 27.4. The van der Waals surface area contributed by atoms with Crippen LogP contribution in [0.1, 0.15) is 58.2 Å². The van der Waals surface area contributed by atoms with Crippen LogP contribution in [-0.2, 0) is 6.42 Å². The highest BCUT2D eigenvalue weighted by Gasteiger charge is 2.32. The van der Waals surface area contributed by atoms with E-state index in [-0.39, 0.29) is 0 Å². The van der Waals surface area contributed by atoms with Gasteiger partial charge < -0.3 is 10.4 Å². The lowest BCUT2D eigenvalue weighted by molar-refractivity contribution is 0.00229. The van der Waals surface area contributed by atoms with Crippen LogP contribution in [-0.4, -0.2) is 26.6 Å². The van der Waals surface area contributed by atoms with E-state index in [0.717, 1.165) is 55.4 Å². The van der Waals surface area contributed by atoms with Gasteiger partial charge in [0.05, 0.1) is 5.60 Å². The van der Waals surface area contributed by atoms with Crippen molar-refractivity contribution in [3.8, 4) is 0 Å². The predicted molar refractivity (Wildman–Crippen MR) is 79.6 cm³/mol. The summed E-state index contributed by atoms with van der Waals surface area (Å²) >= 11 is 1.40. The number of aryl methyl sites for hydroxylation is 1. The fraction of sp³-hybridized carbons (Fsp3) is 0.857. The fourth-order valence-corrected chi connectivity index (χ4v) is 3.30. The maximum atomic E-state index is 10.5. The topological polar surface area (TPSA) is 58.0 Å². The molecular weight excluding hydrogens is 258 g/mol. The first-order chi connectivity index (χ1) is 9.15. The third kappa shape index (κ3) is 4.14. The quantitative estimate of drug-likeness (QED) is 0.841. The maximum Gasteiger partial charge on any atom is 0.202 e. The molecule has 0 aliphatic heterocycles. The lowest BCUT2D eigenvalue weighted by Gasteiger charge is -2.35. The van der Waals surface area contributed by atoms with Crippen molar-refractivity contribution in [3.05, 3.63) is 5.82 Å². The average Bonchev–Trinajstić information content (AvgIpc) is 2.86. The Hall–Kier alpha value is -0.680. The SMILES string of the molecule is CCCc1nsc(NCC2(O)CCC(CC)CC2)n1. The van der Waals surface area contributed by atoms with Gasteiger partial charge in [-0.1, -0.05) is 20.3 Å². The standard InChI is InChI=1S/C14H25N3OS/c1-3-5-12-16-13(19-17-12)15-10-14(18)8-6-11(4-2)7-9-14/h11,18H,3-10H2,1-2H3,(H,15,16,17). The van der Waals surface area contributed by atoms with Gasteiger partial charge in [0.1, 0.15) is 5.82 Å². The molecule has 0 bridgehead atoms. The van der Waals surface area contributed by atoms with Crippen molar-refractivity contribution >= 4 is 16.7 Å². The molecule has 19 heavy (non-hydrogen) atoms. The number of aromatic nitrogens is 2. The van der Waals surface area contributed by atoms with Gasteiger partial charge in [-0.2, -0.15) is 4.37 Å². The van der Waals surface area contributed by atoms with Gasteiger partial charge in [-0.3, -0.25) is 0 Å². The number of nitrogens with one attached hydrogen (secondary N) is 1. The van der Waals surface area contributed by atoms with Crippen molar-refractivity contribution in [2.24, 2.45) is 5.92 Å². The second-order valence-electron chi connectivity index (χ2n) is 5.70. The zero-order valence-corrected chi connectivity index (χ0v) is 12.8. The summed E-state index contributed by atoms with van der Waals surface area (Å²) in [7, 11) is 0. The van der Waals surface area contributed by atoms with Crippen LogP contribution in [0.25, 0.3) is 0 Å². The molecule has 0 spiro atoms. The largest absolute Gasteiger partial charge is 0.388 e. The van der Waals surface area contributed by atoms with Gasteiger partial charge in [0, 0.05) is 24.5 Å². The van der Waals surface area contributed by atoms with E-state index in [2.05, 4.69) is 28.5 Å². The van der Waals surface area contributed by atoms with Gasteiger partial charge in [-0.15, -0.1) is 0 Å². The molecule has 1 aliphatic rings. The summed E-state index contributed by atoms with van der Waals surface area (Å²) in [5, 5.41) is 14.7. The van der Waals surface area contributed by atoms with Crippen LogP contribution in [0.4, 0.5) is 5.13 Å². The molecule has 1 aliphatic carbocycles. The average molecular weight is 283 g/mol. The third-order valence-corrected chi connectivity index (χ3v) is 4.83. The number of hydrogen-bond donors (Lipinski definition) is 2. The first kappa shape index (κ1) is 14.7. The smallest absolute Gasteiger partial charge is 0.202 e. The molecule has 0 amide bonds. The van der Waals surface area contributed by atoms with Crippen molar-refractivity contribution in [1.82, 2.24) is 9.36 Å². The molecule has 1 saturated carbocycles. The minimum atomic E-state index is -0.553. The Morgan fingerprint density at radius 1 is 1.37 bits per heavy atom. The van der Waals surface area contributed by atoms with Crippen LogP contribution in [0.3, 0.4) is 0 Å². The Kier molecular flexibility index (Phi) is 5.16. The molecule has 1 aromatic rings. The molecule has 4 nitrogen and oxygen atoms in total. The fourth-order valence-electron chi connectivity index (χ4n) is 2.69. The van der Waals surface area contributed by atoms with E-state index in [9.17, 15) is 5.11 Å². The molecule has 5 heteroatoms. The van der Waals surface area contributed by atoms with E-state index in [1.807, 2.05) is 0 Å². The Morgan fingerprint density at radius 2 is 2.11 bits per heavy atom. The van der Waals surface area contributed by atoms with Crippen molar-refractivity contribution in [2.45, 2.75) is 64.4 Å². The minimum Gasteiger partial charge on any atom is -0.388 e. The molecule has 2 rings (SSSR count). The molecule has 0 radical (unpaired) electrons. The maximum absolute atomic E-state index is 10.5. The van der Waals surface area contributed by atoms with Crippen molar-refractivity contribution in [3.63, 3.8) is 0 Å². The second-order valence-corrected chi connectivity index (χ2v) is 6.45. The third-order valence-electron chi connectivity index (χ3n) is 4.12. The Balaban J connectivity index is 1.80. The molecular formula is C14H25N3OS. The summed E-state index contributed by atoms with van der Waals surface area (Å²) < 4.78 is 4.30. The van der Waals surface area contributed by atoms with Gasteiger partial charge >= 0.3 is 0 Å². The Labute approximate surface area is 119 Å². The lowest BCUT2D eigenvalue weighted by Crippen LogP contribution is -2.40. The van der Waals surface area contributed by atoms with Gasteiger partial charge in [-0.05, 0) is 38.0 Å². The highest BCUT2D eigenvalue weighted by atomic mass is 32.1. The Morgan fingerprint density at radius 3 is 2.74 bits per heavy atom. The van der Waals surface area contributed by atoms with Crippen molar-refractivity contribution in [1.29, 1.82) is 0 Å². The van der Waals surface area contributed by atoms with Crippen LogP contribution in [0.5, 0.6) is 0 Å². The summed E-state index contributed by atoms with van der Waals surface area (Å²) in [6, 6.07) is 0. The molecule has 0 aromatic carbocycles. The minimum absolute atomic E-state index is 0.553. The van der Waals surface area contributed by atoms with Crippen LogP contribution >= 0.6 is 11.5 Å². The second kappa shape index (κ2) is 6.66. The van der Waals surface area contributed by atoms with Gasteiger partial charge in [-0.25, -0.2) is 4.98 Å². The van der Waals surface area contributed by atoms with Crippen molar-refractivity contribution < 1.29 is 5.11 Å². The number of hydrogen-bond acceptors (Lipinski definition) is 5. The molecule has 1 fully saturated rings. The van der Waals surface area contributed by atoms with Gasteiger partial charge in [0.2, 0.25) is 5.13 Å². The molecule has 0 saturated heterocycles. The molecule has 0 unspecified atom stereocenters. The predicted octanol–water partition coefficient (Wildman–Crippen LogP) is 3.23. The monoisotopic (exact) mass is 283 g/mol. The first-order valence-corrected chi connectivity index (χ1v) is 8.21. The molecule has 1 aromatic heterocycles. The van der Waals surface area contributed by atoms with E-state index in [4.69, 9.17) is 0 Å². The number of aliphatic hydroxyl groups is 1. The molecule has 1 heterocycles. The van der Waals surface area contributed by atoms with E-state index < -0.39 is 5.60 Å². The van der Waals surface area contributed by atoms with E-state index in [1.54, 1.807) is 0 Å². The van der Waals surface area contributed by atoms with E-state index >= 15 is 0 Å². The van der Waals surface area contributed by atoms with Crippen LogP contribution in [0.15, 0.2) is 0 Å². The van der Waals surface area contributed by atoms with Crippen LogP contribution in [0, 0.1) is 5.92 Å². The highest BCUT2D eigenvalue weighted by molar-refractivity contribution is 7.09.